The van der Waals surface area contributed by atoms with Gasteiger partial charge in [0.05, 0.1) is 38.6 Å². The summed E-state index contributed by atoms with van der Waals surface area (Å²) >= 11 is 0. The van der Waals surface area contributed by atoms with E-state index < -0.39 is 6.10 Å². The fourth-order valence-electron chi connectivity index (χ4n) is 2.22. The molecule has 0 aromatic carbocycles. The molecule has 0 heterocycles. The number of rotatable bonds is 11. The lowest BCUT2D eigenvalue weighted by molar-refractivity contribution is 0.00973. The lowest BCUT2D eigenvalue weighted by Crippen LogP contribution is -2.33. The van der Waals surface area contributed by atoms with Crippen molar-refractivity contribution in [1.82, 2.24) is 5.32 Å². The molecule has 1 aliphatic carbocycles. The predicted molar refractivity (Wildman–Crippen MR) is 74.4 cm³/mol. The van der Waals surface area contributed by atoms with E-state index >= 15 is 0 Å². The van der Waals surface area contributed by atoms with E-state index in [1.807, 2.05) is 0 Å². The van der Waals surface area contributed by atoms with Gasteiger partial charge < -0.3 is 24.6 Å². The van der Waals surface area contributed by atoms with Gasteiger partial charge >= 0.3 is 0 Å². The second-order valence-corrected chi connectivity index (χ2v) is 5.06. The molecule has 0 bridgehead atoms. The Labute approximate surface area is 116 Å². The van der Waals surface area contributed by atoms with Gasteiger partial charge in [0.1, 0.15) is 0 Å². The van der Waals surface area contributed by atoms with Crippen molar-refractivity contribution in [3.63, 3.8) is 0 Å². The van der Waals surface area contributed by atoms with Gasteiger partial charge in [-0.15, -0.1) is 0 Å². The molecule has 0 saturated heterocycles. The molecular formula is C14H29NO4. The number of aliphatic hydroxyl groups excluding tert-OH is 1. The maximum absolute atomic E-state index is 9.63. The van der Waals surface area contributed by atoms with E-state index in [1.54, 1.807) is 7.11 Å². The topological polar surface area (TPSA) is 60.0 Å². The Morgan fingerprint density at radius 3 is 2.68 bits per heavy atom. The largest absolute Gasteiger partial charge is 0.389 e. The van der Waals surface area contributed by atoms with Crippen LogP contribution in [0.4, 0.5) is 0 Å². The summed E-state index contributed by atoms with van der Waals surface area (Å²) in [5, 5.41) is 12.8. The first-order chi connectivity index (χ1) is 9.33. The van der Waals surface area contributed by atoms with Crippen LogP contribution in [0.15, 0.2) is 0 Å². The van der Waals surface area contributed by atoms with Gasteiger partial charge in [0.2, 0.25) is 0 Å². The molecule has 0 aromatic rings. The van der Waals surface area contributed by atoms with Crippen molar-refractivity contribution in [2.75, 3.05) is 46.6 Å². The summed E-state index contributed by atoms with van der Waals surface area (Å²) in [5.74, 6) is 0. The average molecular weight is 275 g/mol. The summed E-state index contributed by atoms with van der Waals surface area (Å²) in [7, 11) is 1.63. The smallest absolute Gasteiger partial charge is 0.0897 e. The predicted octanol–water partition coefficient (Wildman–Crippen LogP) is 0.949. The molecule has 5 nitrogen and oxygen atoms in total. The number of nitrogens with one attached hydrogen (secondary N) is 1. The Balaban J connectivity index is 1.83. The molecule has 1 saturated carbocycles. The highest BCUT2D eigenvalue weighted by atomic mass is 16.5. The first-order valence-corrected chi connectivity index (χ1v) is 7.40. The van der Waals surface area contributed by atoms with Gasteiger partial charge in [0.15, 0.2) is 0 Å². The van der Waals surface area contributed by atoms with Gasteiger partial charge in [-0.05, 0) is 12.8 Å². The third-order valence-corrected chi connectivity index (χ3v) is 3.31. The molecule has 0 aliphatic heterocycles. The van der Waals surface area contributed by atoms with Crippen molar-refractivity contribution in [3.8, 4) is 0 Å². The molecule has 114 valence electrons. The summed E-state index contributed by atoms with van der Waals surface area (Å²) in [5.41, 5.74) is 0. The third kappa shape index (κ3) is 9.35. The molecule has 0 aromatic heterocycles. The molecule has 1 aliphatic rings. The molecule has 0 spiro atoms. The van der Waals surface area contributed by atoms with Gasteiger partial charge in [0.25, 0.3) is 0 Å². The zero-order valence-electron chi connectivity index (χ0n) is 12.1. The van der Waals surface area contributed by atoms with Crippen molar-refractivity contribution in [2.45, 2.75) is 44.3 Å². The molecule has 0 radical (unpaired) electrons. The Morgan fingerprint density at radius 1 is 1.16 bits per heavy atom. The summed E-state index contributed by atoms with van der Waals surface area (Å²) in [6, 6.07) is 0. The van der Waals surface area contributed by atoms with Gasteiger partial charge in [-0.25, -0.2) is 0 Å². The molecule has 1 fully saturated rings. The average Bonchev–Trinajstić information content (AvgIpc) is 2.44. The van der Waals surface area contributed by atoms with E-state index in [0.717, 1.165) is 13.2 Å². The number of ether oxygens (including phenoxy) is 3. The van der Waals surface area contributed by atoms with Crippen LogP contribution in [0.3, 0.4) is 0 Å². The number of hydrogen-bond donors (Lipinski definition) is 2. The van der Waals surface area contributed by atoms with Gasteiger partial charge in [-0.3, -0.25) is 0 Å². The van der Waals surface area contributed by atoms with Crippen LogP contribution in [-0.2, 0) is 14.2 Å². The number of hydrogen-bond acceptors (Lipinski definition) is 5. The van der Waals surface area contributed by atoms with Crippen LogP contribution >= 0.6 is 0 Å². The molecule has 19 heavy (non-hydrogen) atoms. The van der Waals surface area contributed by atoms with Crippen LogP contribution in [0.25, 0.3) is 0 Å². The van der Waals surface area contributed by atoms with E-state index in [0.29, 0.717) is 32.5 Å². The molecule has 5 heteroatoms. The normalized spacial score (nSPS) is 18.6. The SMILES string of the molecule is COCCOCC(O)CNCCOC1CCCCC1. The van der Waals surface area contributed by atoms with Gasteiger partial charge in [-0.1, -0.05) is 19.3 Å². The quantitative estimate of drug-likeness (QED) is 0.550. The highest BCUT2D eigenvalue weighted by Crippen LogP contribution is 2.19. The minimum Gasteiger partial charge on any atom is -0.389 e. The zero-order chi connectivity index (χ0) is 13.8. The molecular weight excluding hydrogens is 246 g/mol. The first kappa shape index (κ1) is 16.9. The highest BCUT2D eigenvalue weighted by molar-refractivity contribution is 4.65. The third-order valence-electron chi connectivity index (χ3n) is 3.31. The van der Waals surface area contributed by atoms with E-state index in [1.165, 1.54) is 32.1 Å². The zero-order valence-corrected chi connectivity index (χ0v) is 12.1. The lowest BCUT2D eigenvalue weighted by atomic mass is 9.98. The Morgan fingerprint density at radius 2 is 1.95 bits per heavy atom. The fraction of sp³-hybridized carbons (Fsp3) is 1.00. The lowest BCUT2D eigenvalue weighted by Gasteiger charge is -2.22. The van der Waals surface area contributed by atoms with Crippen LogP contribution < -0.4 is 5.32 Å². The van der Waals surface area contributed by atoms with Crippen LogP contribution in [0.1, 0.15) is 32.1 Å². The van der Waals surface area contributed by atoms with Crippen molar-refractivity contribution < 1.29 is 19.3 Å². The molecule has 2 N–H and O–H groups in total. The van der Waals surface area contributed by atoms with E-state index in [-0.39, 0.29) is 0 Å². The number of aliphatic hydroxyl groups is 1. The maximum Gasteiger partial charge on any atom is 0.0897 e. The second-order valence-electron chi connectivity index (χ2n) is 5.06. The summed E-state index contributed by atoms with van der Waals surface area (Å²) < 4.78 is 15.9. The standard InChI is InChI=1S/C14H29NO4/c1-17-9-10-18-12-13(16)11-15-7-8-19-14-5-3-2-4-6-14/h13-16H,2-12H2,1H3. The maximum atomic E-state index is 9.63. The van der Waals surface area contributed by atoms with Crippen LogP contribution in [-0.4, -0.2) is 63.9 Å². The Kier molecular flexibility index (Phi) is 10.3. The van der Waals surface area contributed by atoms with E-state index in [9.17, 15) is 5.11 Å². The summed E-state index contributed by atoms with van der Waals surface area (Å²) in [6.07, 6.45) is 6.36. The van der Waals surface area contributed by atoms with Crippen molar-refractivity contribution >= 4 is 0 Å². The fourth-order valence-corrected chi connectivity index (χ4v) is 2.22. The van der Waals surface area contributed by atoms with Crippen LogP contribution in [0, 0.1) is 0 Å². The van der Waals surface area contributed by atoms with Crippen LogP contribution in [0.2, 0.25) is 0 Å². The molecule has 1 atom stereocenters. The monoisotopic (exact) mass is 275 g/mol. The van der Waals surface area contributed by atoms with Gasteiger partial charge in [0, 0.05) is 20.2 Å². The van der Waals surface area contributed by atoms with Crippen LogP contribution in [0.5, 0.6) is 0 Å². The highest BCUT2D eigenvalue weighted by Gasteiger charge is 2.13. The second kappa shape index (κ2) is 11.6. The summed E-state index contributed by atoms with van der Waals surface area (Å²) in [4.78, 5) is 0. The number of methoxy groups -OCH3 is 1. The van der Waals surface area contributed by atoms with Crippen molar-refractivity contribution in [1.29, 1.82) is 0 Å². The molecule has 0 amide bonds. The molecule has 1 unspecified atom stereocenters. The van der Waals surface area contributed by atoms with E-state index in [2.05, 4.69) is 5.32 Å². The Bertz CT molecular complexity index is 198. The Hall–Kier alpha value is -0.200. The minimum absolute atomic E-state index is 0.347. The van der Waals surface area contributed by atoms with Crippen molar-refractivity contribution in [3.05, 3.63) is 0 Å². The van der Waals surface area contributed by atoms with E-state index in [4.69, 9.17) is 14.2 Å². The minimum atomic E-state index is -0.466. The summed E-state index contributed by atoms with van der Waals surface area (Å²) in [6.45, 7) is 3.49. The molecule has 1 rings (SSSR count). The first-order valence-electron chi connectivity index (χ1n) is 7.40. The van der Waals surface area contributed by atoms with Crippen molar-refractivity contribution in [2.24, 2.45) is 0 Å². The van der Waals surface area contributed by atoms with Gasteiger partial charge in [-0.2, -0.15) is 0 Å².